The molecule has 0 amide bonds. The quantitative estimate of drug-likeness (QED) is 0.782. The van der Waals surface area contributed by atoms with Crippen LogP contribution in [0.2, 0.25) is 0 Å². The van der Waals surface area contributed by atoms with Gasteiger partial charge in [-0.1, -0.05) is 19.1 Å². The van der Waals surface area contributed by atoms with E-state index < -0.39 is 0 Å². The highest BCUT2D eigenvalue weighted by Crippen LogP contribution is 2.28. The highest BCUT2D eigenvalue weighted by atomic mass is 32.1. The molecular weight excluding hydrogens is 252 g/mol. The highest BCUT2D eigenvalue weighted by molar-refractivity contribution is 7.12. The SMILES string of the molecule is CCc1ccc(C(N)c2ccc3ncccc3c2)s1. The molecule has 0 spiro atoms. The van der Waals surface area contributed by atoms with Crippen molar-refractivity contribution in [3.63, 3.8) is 0 Å². The third-order valence-electron chi connectivity index (χ3n) is 3.32. The van der Waals surface area contributed by atoms with Gasteiger partial charge in [0.05, 0.1) is 11.6 Å². The minimum absolute atomic E-state index is 0.0464. The van der Waals surface area contributed by atoms with Crippen molar-refractivity contribution in [2.24, 2.45) is 5.73 Å². The molecule has 2 nitrogen and oxygen atoms in total. The van der Waals surface area contributed by atoms with Crippen LogP contribution in [0.3, 0.4) is 0 Å². The Morgan fingerprint density at radius 3 is 2.89 bits per heavy atom. The van der Waals surface area contributed by atoms with Gasteiger partial charge in [-0.05, 0) is 42.3 Å². The van der Waals surface area contributed by atoms with E-state index in [1.165, 1.54) is 9.75 Å². The van der Waals surface area contributed by atoms with Crippen molar-refractivity contribution in [1.82, 2.24) is 4.98 Å². The van der Waals surface area contributed by atoms with Crippen molar-refractivity contribution in [3.05, 3.63) is 64.0 Å². The average molecular weight is 268 g/mol. The molecule has 3 aromatic rings. The van der Waals surface area contributed by atoms with Gasteiger partial charge in [-0.3, -0.25) is 4.98 Å². The Morgan fingerprint density at radius 1 is 1.21 bits per heavy atom. The van der Waals surface area contributed by atoms with E-state index in [9.17, 15) is 0 Å². The summed E-state index contributed by atoms with van der Waals surface area (Å²) in [6.07, 6.45) is 2.88. The molecule has 1 aromatic carbocycles. The molecule has 2 N–H and O–H groups in total. The summed E-state index contributed by atoms with van der Waals surface area (Å²) in [6, 6.07) is 14.5. The van der Waals surface area contributed by atoms with Gasteiger partial charge in [-0.15, -0.1) is 11.3 Å². The molecule has 0 bridgehead atoms. The van der Waals surface area contributed by atoms with Gasteiger partial charge < -0.3 is 5.73 Å². The first kappa shape index (κ1) is 12.3. The van der Waals surface area contributed by atoms with E-state index in [0.29, 0.717) is 0 Å². The molecule has 0 saturated carbocycles. The molecule has 0 radical (unpaired) electrons. The molecule has 3 heteroatoms. The maximum absolute atomic E-state index is 6.37. The summed E-state index contributed by atoms with van der Waals surface area (Å²) in [7, 11) is 0. The summed E-state index contributed by atoms with van der Waals surface area (Å²) >= 11 is 1.80. The zero-order chi connectivity index (χ0) is 13.2. The summed E-state index contributed by atoms with van der Waals surface area (Å²) in [6.45, 7) is 2.17. The predicted octanol–water partition coefficient (Wildman–Crippen LogP) is 3.91. The van der Waals surface area contributed by atoms with Crippen molar-refractivity contribution < 1.29 is 0 Å². The molecule has 0 aliphatic carbocycles. The van der Waals surface area contributed by atoms with Crippen molar-refractivity contribution in [2.75, 3.05) is 0 Å². The van der Waals surface area contributed by atoms with E-state index in [1.54, 1.807) is 11.3 Å². The van der Waals surface area contributed by atoms with Gasteiger partial charge in [0.1, 0.15) is 0 Å². The van der Waals surface area contributed by atoms with Gasteiger partial charge in [-0.25, -0.2) is 0 Å². The van der Waals surface area contributed by atoms with Crippen LogP contribution in [0.4, 0.5) is 0 Å². The van der Waals surface area contributed by atoms with Gasteiger partial charge in [0.25, 0.3) is 0 Å². The number of rotatable bonds is 3. The lowest BCUT2D eigenvalue weighted by atomic mass is 10.0. The number of nitrogens with zero attached hydrogens (tertiary/aromatic N) is 1. The lowest BCUT2D eigenvalue weighted by molar-refractivity contribution is 0.895. The summed E-state index contributed by atoms with van der Waals surface area (Å²) < 4.78 is 0. The first-order valence-electron chi connectivity index (χ1n) is 6.47. The van der Waals surface area contributed by atoms with Crippen molar-refractivity contribution in [1.29, 1.82) is 0 Å². The van der Waals surface area contributed by atoms with E-state index in [-0.39, 0.29) is 6.04 Å². The van der Waals surface area contributed by atoms with Gasteiger partial charge in [-0.2, -0.15) is 0 Å². The smallest absolute Gasteiger partial charge is 0.0702 e. The zero-order valence-corrected chi connectivity index (χ0v) is 11.7. The number of thiophene rings is 1. The monoisotopic (exact) mass is 268 g/mol. The molecule has 3 rings (SSSR count). The van der Waals surface area contributed by atoms with Crippen molar-refractivity contribution >= 4 is 22.2 Å². The minimum Gasteiger partial charge on any atom is -0.320 e. The molecule has 0 fully saturated rings. The Balaban J connectivity index is 1.98. The van der Waals surface area contributed by atoms with Crippen LogP contribution >= 0.6 is 11.3 Å². The molecule has 19 heavy (non-hydrogen) atoms. The number of benzene rings is 1. The number of aromatic nitrogens is 1. The fraction of sp³-hybridized carbons (Fsp3) is 0.188. The van der Waals surface area contributed by atoms with Gasteiger partial charge in [0.2, 0.25) is 0 Å². The van der Waals surface area contributed by atoms with E-state index >= 15 is 0 Å². The Kier molecular flexibility index (Phi) is 3.32. The summed E-state index contributed by atoms with van der Waals surface area (Å²) in [5.41, 5.74) is 8.52. The summed E-state index contributed by atoms with van der Waals surface area (Å²) in [4.78, 5) is 6.94. The van der Waals surface area contributed by atoms with Crippen molar-refractivity contribution in [3.8, 4) is 0 Å². The maximum Gasteiger partial charge on any atom is 0.0702 e. The van der Waals surface area contributed by atoms with Gasteiger partial charge >= 0.3 is 0 Å². The summed E-state index contributed by atoms with van der Waals surface area (Å²) in [5.74, 6) is 0. The Morgan fingerprint density at radius 2 is 2.11 bits per heavy atom. The molecule has 96 valence electrons. The number of nitrogens with two attached hydrogens (primary N) is 1. The zero-order valence-electron chi connectivity index (χ0n) is 10.8. The van der Waals surface area contributed by atoms with E-state index in [0.717, 1.165) is 22.9 Å². The maximum atomic E-state index is 6.37. The normalized spacial score (nSPS) is 12.7. The molecule has 2 aromatic heterocycles. The lowest BCUT2D eigenvalue weighted by Gasteiger charge is -2.10. The Hall–Kier alpha value is -1.71. The fourth-order valence-electron chi connectivity index (χ4n) is 2.20. The van der Waals surface area contributed by atoms with Crippen LogP contribution in [-0.4, -0.2) is 4.98 Å². The molecule has 0 aliphatic rings. The van der Waals surface area contributed by atoms with Crippen LogP contribution < -0.4 is 5.73 Å². The van der Waals surface area contributed by atoms with Gasteiger partial charge in [0.15, 0.2) is 0 Å². The first-order valence-corrected chi connectivity index (χ1v) is 7.28. The molecule has 0 aliphatic heterocycles. The van der Waals surface area contributed by atoms with E-state index in [4.69, 9.17) is 5.73 Å². The van der Waals surface area contributed by atoms with Crippen LogP contribution in [0, 0.1) is 0 Å². The molecule has 2 heterocycles. The van der Waals surface area contributed by atoms with Crippen LogP contribution in [0.15, 0.2) is 48.7 Å². The second-order valence-corrected chi connectivity index (χ2v) is 5.79. The van der Waals surface area contributed by atoms with E-state index in [2.05, 4.69) is 42.2 Å². The number of fused-ring (bicyclic) bond motifs is 1. The number of hydrogen-bond acceptors (Lipinski definition) is 3. The second-order valence-electron chi connectivity index (χ2n) is 4.59. The first-order chi connectivity index (χ1) is 9.28. The van der Waals surface area contributed by atoms with Crippen molar-refractivity contribution in [2.45, 2.75) is 19.4 Å². The standard InChI is InChI=1S/C16H16N2S/c1-2-13-6-8-15(19-13)16(17)12-5-7-14-11(10-12)4-3-9-18-14/h3-10,16H,2,17H2,1H3. The molecule has 1 unspecified atom stereocenters. The molecular formula is C16H16N2S. The minimum atomic E-state index is -0.0464. The highest BCUT2D eigenvalue weighted by Gasteiger charge is 2.11. The number of aryl methyl sites for hydroxylation is 1. The topological polar surface area (TPSA) is 38.9 Å². The van der Waals surface area contributed by atoms with Crippen LogP contribution in [0.1, 0.15) is 28.3 Å². The third kappa shape index (κ3) is 2.39. The molecule has 1 atom stereocenters. The van der Waals surface area contributed by atoms with E-state index in [1.807, 2.05) is 18.3 Å². The average Bonchev–Trinajstić information content (AvgIpc) is 2.95. The Bertz CT molecular complexity index is 703. The lowest BCUT2D eigenvalue weighted by Crippen LogP contribution is -2.09. The number of pyridine rings is 1. The van der Waals surface area contributed by atoms with Gasteiger partial charge in [0, 0.05) is 21.3 Å². The number of hydrogen-bond donors (Lipinski definition) is 1. The third-order valence-corrected chi connectivity index (χ3v) is 4.64. The largest absolute Gasteiger partial charge is 0.320 e. The molecule has 0 saturated heterocycles. The predicted molar refractivity (Wildman–Crippen MR) is 81.5 cm³/mol. The van der Waals surface area contributed by atoms with Crippen LogP contribution in [-0.2, 0) is 6.42 Å². The van der Waals surface area contributed by atoms with Crippen LogP contribution in [0.25, 0.3) is 10.9 Å². The fourth-order valence-corrected chi connectivity index (χ4v) is 3.19. The van der Waals surface area contributed by atoms with Crippen LogP contribution in [0.5, 0.6) is 0 Å². The Labute approximate surface area is 116 Å². The second kappa shape index (κ2) is 5.11. The summed E-state index contributed by atoms with van der Waals surface area (Å²) in [5, 5.41) is 1.14.